The summed E-state index contributed by atoms with van der Waals surface area (Å²) in [6.07, 6.45) is 0. The molecule has 1 heterocycles. The van der Waals surface area contributed by atoms with E-state index in [1.54, 1.807) is 12.1 Å². The highest BCUT2D eigenvalue weighted by Crippen LogP contribution is 2.38. The Morgan fingerprint density at radius 2 is 1.42 bits per heavy atom. The van der Waals surface area contributed by atoms with Crippen LogP contribution >= 0.6 is 0 Å². The lowest BCUT2D eigenvalue weighted by atomic mass is 9.99. The number of aromatic hydroxyl groups is 1. The zero-order valence-electron chi connectivity index (χ0n) is 13.8. The molecule has 0 amide bonds. The van der Waals surface area contributed by atoms with Crippen molar-refractivity contribution >= 4 is 44.0 Å². The van der Waals surface area contributed by atoms with E-state index in [9.17, 15) is 5.11 Å². The maximum absolute atomic E-state index is 10.2. The Labute approximate surface area is 148 Å². The van der Waals surface area contributed by atoms with Crippen LogP contribution < -0.4 is 11.5 Å². The van der Waals surface area contributed by atoms with Crippen LogP contribution in [0.5, 0.6) is 5.75 Å². The van der Waals surface area contributed by atoms with Crippen LogP contribution in [-0.2, 0) is 0 Å². The average molecular weight is 340 g/mol. The minimum Gasteiger partial charge on any atom is -0.507 e. The van der Waals surface area contributed by atoms with Crippen molar-refractivity contribution in [3.8, 4) is 17.1 Å². The number of nitrogens with zero attached hydrogens (tertiary/aromatic N) is 1. The maximum atomic E-state index is 10.2. The van der Waals surface area contributed by atoms with Crippen LogP contribution in [0.2, 0.25) is 0 Å². The van der Waals surface area contributed by atoms with Crippen LogP contribution in [0.3, 0.4) is 0 Å². The van der Waals surface area contributed by atoms with Crippen molar-refractivity contribution in [1.82, 2.24) is 9.97 Å². The van der Waals surface area contributed by atoms with E-state index in [0.717, 1.165) is 32.6 Å². The number of H-pyrrole nitrogens is 1. The van der Waals surface area contributed by atoms with Gasteiger partial charge in [0.15, 0.2) is 0 Å². The number of hydrogen-bond acceptors (Lipinski definition) is 4. The topological polar surface area (TPSA) is 101 Å². The van der Waals surface area contributed by atoms with E-state index < -0.39 is 0 Å². The van der Waals surface area contributed by atoms with Gasteiger partial charge in [-0.15, -0.1) is 0 Å². The molecule has 5 heteroatoms. The van der Waals surface area contributed by atoms with Crippen LogP contribution in [0, 0.1) is 0 Å². The summed E-state index contributed by atoms with van der Waals surface area (Å²) in [5.74, 6) is 0.788. The number of fused-ring (bicyclic) bond motifs is 6. The molecule has 0 aliphatic carbocycles. The fourth-order valence-corrected chi connectivity index (χ4v) is 3.56. The summed E-state index contributed by atoms with van der Waals surface area (Å²) in [6, 6.07) is 18.8. The highest BCUT2D eigenvalue weighted by Gasteiger charge is 2.15. The number of hydrogen-bond donors (Lipinski definition) is 4. The first-order valence-corrected chi connectivity index (χ1v) is 8.30. The smallest absolute Gasteiger partial charge is 0.142 e. The fraction of sp³-hybridized carbons (Fsp3) is 0. The van der Waals surface area contributed by atoms with Gasteiger partial charge in [0.25, 0.3) is 0 Å². The Kier molecular flexibility index (Phi) is 2.88. The van der Waals surface area contributed by atoms with Gasteiger partial charge in [0, 0.05) is 22.1 Å². The average Bonchev–Trinajstić information content (AvgIpc) is 3.08. The van der Waals surface area contributed by atoms with Crippen molar-refractivity contribution in [2.45, 2.75) is 0 Å². The number of para-hydroxylation sites is 1. The number of nitrogen functional groups attached to an aromatic ring is 2. The number of anilines is 2. The lowest BCUT2D eigenvalue weighted by Crippen LogP contribution is -1.89. The number of nitrogens with one attached hydrogen (secondary N) is 1. The van der Waals surface area contributed by atoms with Crippen LogP contribution in [0.15, 0.2) is 60.7 Å². The van der Waals surface area contributed by atoms with E-state index >= 15 is 0 Å². The minimum atomic E-state index is 0.180. The van der Waals surface area contributed by atoms with E-state index in [-0.39, 0.29) is 5.75 Å². The second kappa shape index (κ2) is 5.13. The summed E-state index contributed by atoms with van der Waals surface area (Å²) >= 11 is 0. The van der Waals surface area contributed by atoms with Crippen LogP contribution in [0.4, 0.5) is 11.4 Å². The molecule has 0 saturated heterocycles. The van der Waals surface area contributed by atoms with Crippen molar-refractivity contribution in [3.63, 3.8) is 0 Å². The molecule has 5 nitrogen and oxygen atoms in total. The summed E-state index contributed by atoms with van der Waals surface area (Å²) in [4.78, 5) is 8.15. The second-order valence-electron chi connectivity index (χ2n) is 6.44. The van der Waals surface area contributed by atoms with Gasteiger partial charge in [0.05, 0.1) is 16.6 Å². The summed E-state index contributed by atoms with van der Waals surface area (Å²) < 4.78 is 0. The van der Waals surface area contributed by atoms with Gasteiger partial charge < -0.3 is 21.6 Å². The fourth-order valence-electron chi connectivity index (χ4n) is 3.56. The molecule has 26 heavy (non-hydrogen) atoms. The van der Waals surface area contributed by atoms with Crippen molar-refractivity contribution < 1.29 is 5.11 Å². The van der Waals surface area contributed by atoms with Gasteiger partial charge in [-0.25, -0.2) is 4.98 Å². The largest absolute Gasteiger partial charge is 0.507 e. The molecule has 0 saturated carbocycles. The van der Waals surface area contributed by atoms with Crippen molar-refractivity contribution in [2.24, 2.45) is 0 Å². The molecule has 126 valence electrons. The highest BCUT2D eigenvalue weighted by molar-refractivity contribution is 6.24. The number of phenolic OH excluding ortho intramolecular Hbond substituents is 1. The van der Waals surface area contributed by atoms with Gasteiger partial charge in [-0.2, -0.15) is 0 Å². The second-order valence-corrected chi connectivity index (χ2v) is 6.44. The number of rotatable bonds is 1. The first kappa shape index (κ1) is 14.6. The van der Waals surface area contributed by atoms with Gasteiger partial charge >= 0.3 is 0 Å². The first-order chi connectivity index (χ1) is 12.6. The molecule has 5 aromatic rings. The third-order valence-corrected chi connectivity index (χ3v) is 4.76. The molecule has 0 unspecified atom stereocenters. The van der Waals surface area contributed by atoms with Crippen molar-refractivity contribution in [3.05, 3.63) is 60.7 Å². The molecule has 6 N–H and O–H groups in total. The molecule has 4 aromatic carbocycles. The standard InChI is InChI=1S/C21H16N4O/c22-11-5-7-13-14-8-6-12(23)10-17(14)20-19(16(13)9-11)24-21(25-20)15-3-1-2-4-18(15)26/h1-10,26H,22-23H2,(H,24,25). The zero-order chi connectivity index (χ0) is 17.8. The third-order valence-electron chi connectivity index (χ3n) is 4.76. The van der Waals surface area contributed by atoms with Gasteiger partial charge in [-0.1, -0.05) is 24.3 Å². The van der Waals surface area contributed by atoms with Gasteiger partial charge in [-0.3, -0.25) is 0 Å². The lowest BCUT2D eigenvalue weighted by Gasteiger charge is -2.07. The van der Waals surface area contributed by atoms with E-state index in [4.69, 9.17) is 16.5 Å². The third kappa shape index (κ3) is 2.01. The maximum Gasteiger partial charge on any atom is 0.142 e. The molecule has 1 aromatic heterocycles. The minimum absolute atomic E-state index is 0.180. The van der Waals surface area contributed by atoms with Crippen molar-refractivity contribution in [2.75, 3.05) is 11.5 Å². The molecule has 0 aliphatic rings. The Morgan fingerprint density at radius 3 is 2.15 bits per heavy atom. The number of nitrogens with two attached hydrogens (primary N) is 2. The summed E-state index contributed by atoms with van der Waals surface area (Å²) in [7, 11) is 0. The number of phenols is 1. The molecule has 0 spiro atoms. The molecular formula is C21H16N4O. The number of aromatic amines is 1. The normalized spacial score (nSPS) is 11.5. The predicted molar refractivity (Wildman–Crippen MR) is 107 cm³/mol. The lowest BCUT2D eigenvalue weighted by molar-refractivity contribution is 0.477. The molecule has 0 aliphatic heterocycles. The SMILES string of the molecule is Nc1ccc2c3ccc(N)cc3c3[nH]c(-c4ccccc4O)nc3c2c1. The highest BCUT2D eigenvalue weighted by atomic mass is 16.3. The summed E-state index contributed by atoms with van der Waals surface area (Å²) in [5.41, 5.74) is 15.8. The summed E-state index contributed by atoms with van der Waals surface area (Å²) in [5, 5.41) is 14.3. The first-order valence-electron chi connectivity index (χ1n) is 8.30. The molecule has 0 radical (unpaired) electrons. The van der Waals surface area contributed by atoms with Gasteiger partial charge in [0.2, 0.25) is 0 Å². The Balaban J connectivity index is 1.99. The van der Waals surface area contributed by atoms with E-state index in [1.165, 1.54) is 0 Å². The number of aromatic nitrogens is 2. The molecule has 5 rings (SSSR count). The molecule has 0 fully saturated rings. The van der Waals surface area contributed by atoms with Crippen LogP contribution in [-0.4, -0.2) is 15.1 Å². The number of benzene rings is 4. The molecule has 0 bridgehead atoms. The van der Waals surface area contributed by atoms with Gasteiger partial charge in [0.1, 0.15) is 11.6 Å². The number of imidazole rings is 1. The Morgan fingerprint density at radius 1 is 0.769 bits per heavy atom. The van der Waals surface area contributed by atoms with E-state index in [1.807, 2.05) is 48.5 Å². The monoisotopic (exact) mass is 340 g/mol. The predicted octanol–water partition coefficient (Wildman–Crippen LogP) is 4.41. The Bertz CT molecular complexity index is 1240. The van der Waals surface area contributed by atoms with E-state index in [0.29, 0.717) is 22.8 Å². The van der Waals surface area contributed by atoms with Crippen LogP contribution in [0.1, 0.15) is 0 Å². The molecular weight excluding hydrogens is 324 g/mol. The quantitative estimate of drug-likeness (QED) is 0.268. The Hall–Kier alpha value is -3.73. The zero-order valence-corrected chi connectivity index (χ0v) is 13.8. The summed E-state index contributed by atoms with van der Waals surface area (Å²) in [6.45, 7) is 0. The van der Waals surface area contributed by atoms with Crippen molar-refractivity contribution in [1.29, 1.82) is 0 Å². The molecule has 0 atom stereocenters. The van der Waals surface area contributed by atoms with E-state index in [2.05, 4.69) is 4.98 Å². The van der Waals surface area contributed by atoms with Crippen LogP contribution in [0.25, 0.3) is 44.0 Å². The van der Waals surface area contributed by atoms with Gasteiger partial charge in [-0.05, 0) is 47.2 Å².